The largest absolute Gasteiger partial charge is 0.481 e. The van der Waals surface area contributed by atoms with Gasteiger partial charge in [0, 0.05) is 6.61 Å². The number of carboxylic acids is 1. The summed E-state index contributed by atoms with van der Waals surface area (Å²) in [5.74, 6) is -0.561. The van der Waals surface area contributed by atoms with E-state index in [2.05, 4.69) is 6.58 Å². The molecule has 0 aromatic heterocycles. The van der Waals surface area contributed by atoms with Crippen molar-refractivity contribution in [3.8, 4) is 0 Å². The van der Waals surface area contributed by atoms with Crippen LogP contribution in [0.3, 0.4) is 0 Å². The number of carboxylic acid groups (broad SMARTS) is 1. The summed E-state index contributed by atoms with van der Waals surface area (Å²) in [6, 6.07) is 0. The second kappa shape index (κ2) is 5.02. The highest BCUT2D eigenvalue weighted by Gasteiger charge is 2.26. The average Bonchev–Trinajstić information content (AvgIpc) is 2.08. The van der Waals surface area contributed by atoms with Gasteiger partial charge in [0.25, 0.3) is 0 Å². The van der Waals surface area contributed by atoms with Crippen molar-refractivity contribution in [2.24, 2.45) is 5.92 Å². The van der Waals surface area contributed by atoms with Gasteiger partial charge >= 0.3 is 5.97 Å². The zero-order valence-electron chi connectivity index (χ0n) is 7.74. The number of ether oxygens (including phenoxy) is 1. The van der Waals surface area contributed by atoms with E-state index in [-0.39, 0.29) is 18.4 Å². The normalized spacial score (nSPS) is 28.3. The fourth-order valence-corrected chi connectivity index (χ4v) is 1.78. The van der Waals surface area contributed by atoms with Crippen molar-refractivity contribution in [3.63, 3.8) is 0 Å². The lowest BCUT2D eigenvalue weighted by atomic mass is 9.89. The summed E-state index contributed by atoms with van der Waals surface area (Å²) in [5.41, 5.74) is 0. The van der Waals surface area contributed by atoms with Gasteiger partial charge in [0.15, 0.2) is 0 Å². The molecule has 0 saturated carbocycles. The molecule has 0 bridgehead atoms. The smallest absolute Gasteiger partial charge is 0.303 e. The van der Waals surface area contributed by atoms with Crippen molar-refractivity contribution in [1.29, 1.82) is 0 Å². The Hall–Kier alpha value is -0.830. The van der Waals surface area contributed by atoms with Gasteiger partial charge in [-0.1, -0.05) is 6.08 Å². The minimum atomic E-state index is -0.732. The van der Waals surface area contributed by atoms with Gasteiger partial charge in [0.1, 0.15) is 0 Å². The molecule has 3 nitrogen and oxygen atoms in total. The van der Waals surface area contributed by atoms with Crippen LogP contribution >= 0.6 is 0 Å². The number of hydrogen-bond donors (Lipinski definition) is 1. The third-order valence-electron chi connectivity index (χ3n) is 2.41. The topological polar surface area (TPSA) is 46.5 Å². The van der Waals surface area contributed by atoms with Crippen molar-refractivity contribution >= 4 is 5.97 Å². The minimum absolute atomic E-state index is 0.0716. The standard InChI is InChI=1S/C10H16O3/c1-2-4-9-8(7-10(11)12)5-3-6-13-9/h2,8-9H,1,3-7H2,(H,11,12)/t8-,9-/m1/s1. The van der Waals surface area contributed by atoms with Crippen LogP contribution in [0, 0.1) is 5.92 Å². The van der Waals surface area contributed by atoms with E-state index < -0.39 is 5.97 Å². The summed E-state index contributed by atoms with van der Waals surface area (Å²) >= 11 is 0. The molecule has 1 fully saturated rings. The van der Waals surface area contributed by atoms with Crippen LogP contribution < -0.4 is 0 Å². The van der Waals surface area contributed by atoms with Crippen molar-refractivity contribution in [3.05, 3.63) is 12.7 Å². The number of aliphatic carboxylic acids is 1. The van der Waals surface area contributed by atoms with E-state index in [0.29, 0.717) is 0 Å². The lowest BCUT2D eigenvalue weighted by Crippen LogP contribution is -2.30. The van der Waals surface area contributed by atoms with Gasteiger partial charge in [-0.15, -0.1) is 6.58 Å². The fourth-order valence-electron chi connectivity index (χ4n) is 1.78. The van der Waals surface area contributed by atoms with Crippen molar-refractivity contribution in [2.75, 3.05) is 6.61 Å². The monoisotopic (exact) mass is 184 g/mol. The highest BCUT2D eigenvalue weighted by molar-refractivity contribution is 5.67. The summed E-state index contributed by atoms with van der Waals surface area (Å²) in [5, 5.41) is 8.67. The van der Waals surface area contributed by atoms with Gasteiger partial charge in [-0.05, 0) is 25.2 Å². The summed E-state index contributed by atoms with van der Waals surface area (Å²) in [7, 11) is 0. The molecule has 0 amide bonds. The van der Waals surface area contributed by atoms with Gasteiger partial charge in [0.05, 0.1) is 12.5 Å². The third-order valence-corrected chi connectivity index (χ3v) is 2.41. The summed E-state index contributed by atoms with van der Waals surface area (Å²) in [6.45, 7) is 4.40. The molecule has 0 unspecified atom stereocenters. The van der Waals surface area contributed by atoms with Gasteiger partial charge in [-0.2, -0.15) is 0 Å². The average molecular weight is 184 g/mol. The quantitative estimate of drug-likeness (QED) is 0.678. The Morgan fingerprint density at radius 2 is 2.46 bits per heavy atom. The van der Waals surface area contributed by atoms with E-state index in [0.717, 1.165) is 25.9 Å². The van der Waals surface area contributed by atoms with Crippen LogP contribution in [0.15, 0.2) is 12.7 Å². The van der Waals surface area contributed by atoms with E-state index in [9.17, 15) is 4.79 Å². The van der Waals surface area contributed by atoms with Gasteiger partial charge < -0.3 is 9.84 Å². The Kier molecular flexibility index (Phi) is 3.96. The van der Waals surface area contributed by atoms with E-state index in [1.165, 1.54) is 0 Å². The van der Waals surface area contributed by atoms with Crippen LogP contribution in [0.5, 0.6) is 0 Å². The van der Waals surface area contributed by atoms with Crippen LogP contribution in [0.4, 0.5) is 0 Å². The predicted octanol–water partition coefficient (Wildman–Crippen LogP) is 1.83. The van der Waals surface area contributed by atoms with Crippen LogP contribution in [-0.2, 0) is 9.53 Å². The molecule has 0 spiro atoms. The molecular formula is C10H16O3. The fraction of sp³-hybridized carbons (Fsp3) is 0.700. The lowest BCUT2D eigenvalue weighted by Gasteiger charge is -2.30. The second-order valence-electron chi connectivity index (χ2n) is 3.43. The van der Waals surface area contributed by atoms with E-state index in [1.54, 1.807) is 6.08 Å². The van der Waals surface area contributed by atoms with Crippen molar-refractivity contribution in [2.45, 2.75) is 31.8 Å². The molecule has 0 radical (unpaired) electrons. The molecule has 0 aromatic carbocycles. The molecule has 74 valence electrons. The molecular weight excluding hydrogens is 168 g/mol. The highest BCUT2D eigenvalue weighted by atomic mass is 16.5. The maximum absolute atomic E-state index is 10.5. The Bertz CT molecular complexity index is 189. The maximum Gasteiger partial charge on any atom is 0.303 e. The van der Waals surface area contributed by atoms with Crippen LogP contribution in [0.25, 0.3) is 0 Å². The lowest BCUT2D eigenvalue weighted by molar-refractivity contribution is -0.140. The molecule has 0 aliphatic carbocycles. The molecule has 2 atom stereocenters. The first-order valence-electron chi connectivity index (χ1n) is 4.68. The number of hydrogen-bond acceptors (Lipinski definition) is 2. The van der Waals surface area contributed by atoms with Gasteiger partial charge in [0.2, 0.25) is 0 Å². The number of rotatable bonds is 4. The number of carbonyl (C=O) groups is 1. The SMILES string of the molecule is C=CC[C@H]1OCCC[C@@H]1CC(=O)O. The summed E-state index contributed by atoms with van der Waals surface area (Å²) in [4.78, 5) is 10.5. The van der Waals surface area contributed by atoms with E-state index in [1.807, 2.05) is 0 Å². The van der Waals surface area contributed by atoms with Crippen LogP contribution in [-0.4, -0.2) is 23.8 Å². The first-order valence-corrected chi connectivity index (χ1v) is 4.68. The molecule has 1 aliphatic heterocycles. The second-order valence-corrected chi connectivity index (χ2v) is 3.43. The molecule has 3 heteroatoms. The van der Waals surface area contributed by atoms with Crippen LogP contribution in [0.2, 0.25) is 0 Å². The van der Waals surface area contributed by atoms with Crippen molar-refractivity contribution in [1.82, 2.24) is 0 Å². The minimum Gasteiger partial charge on any atom is -0.481 e. The van der Waals surface area contributed by atoms with Crippen LogP contribution in [0.1, 0.15) is 25.7 Å². The van der Waals surface area contributed by atoms with E-state index in [4.69, 9.17) is 9.84 Å². The Balaban J connectivity index is 2.45. The molecule has 13 heavy (non-hydrogen) atoms. The molecule has 1 rings (SSSR count). The molecule has 0 aromatic rings. The third kappa shape index (κ3) is 3.19. The first kappa shape index (κ1) is 10.3. The molecule has 1 saturated heterocycles. The molecule has 1 N–H and O–H groups in total. The zero-order valence-corrected chi connectivity index (χ0v) is 7.74. The van der Waals surface area contributed by atoms with Gasteiger partial charge in [-0.25, -0.2) is 0 Å². The maximum atomic E-state index is 10.5. The molecule has 1 heterocycles. The van der Waals surface area contributed by atoms with Crippen molar-refractivity contribution < 1.29 is 14.6 Å². The first-order chi connectivity index (χ1) is 6.24. The van der Waals surface area contributed by atoms with E-state index >= 15 is 0 Å². The van der Waals surface area contributed by atoms with Gasteiger partial charge in [-0.3, -0.25) is 4.79 Å². The highest BCUT2D eigenvalue weighted by Crippen LogP contribution is 2.26. The Labute approximate surface area is 78.4 Å². The molecule has 1 aliphatic rings. The predicted molar refractivity (Wildman–Crippen MR) is 49.5 cm³/mol. The Morgan fingerprint density at radius 3 is 3.08 bits per heavy atom. The summed E-state index contributed by atoms with van der Waals surface area (Å²) in [6.07, 6.45) is 4.79. The zero-order chi connectivity index (χ0) is 9.68. The summed E-state index contributed by atoms with van der Waals surface area (Å²) < 4.78 is 5.50. The Morgan fingerprint density at radius 1 is 1.69 bits per heavy atom.